The summed E-state index contributed by atoms with van der Waals surface area (Å²) in [7, 11) is -3.08. The average Bonchev–Trinajstić information content (AvgIpc) is 3.60. The van der Waals surface area contributed by atoms with E-state index in [0.29, 0.717) is 86.5 Å². The fourth-order valence-electron chi connectivity index (χ4n) is 16.3. The maximum absolute atomic E-state index is 12.8. The Hall–Kier alpha value is -3.00. The summed E-state index contributed by atoms with van der Waals surface area (Å²) in [5.74, 6) is 2.06. The molecule has 0 radical (unpaired) electrons. The first-order chi connectivity index (χ1) is 29.1. The summed E-state index contributed by atoms with van der Waals surface area (Å²) in [6.45, 7) is 20.5. The second-order valence-electron chi connectivity index (χ2n) is 23.1. The van der Waals surface area contributed by atoms with E-state index < -0.39 is 26.8 Å². The molecule has 5 fully saturated rings. The summed E-state index contributed by atoms with van der Waals surface area (Å²) < 4.78 is 30.4. The third-order valence-electron chi connectivity index (χ3n) is 20.0. The Morgan fingerprint density at radius 2 is 1.69 bits per heavy atom. The van der Waals surface area contributed by atoms with Crippen LogP contribution in [0.2, 0.25) is 0 Å². The van der Waals surface area contributed by atoms with Gasteiger partial charge in [0.2, 0.25) is 5.88 Å². The zero-order valence-electron chi connectivity index (χ0n) is 38.8. The molecule has 7 aliphatic rings. The minimum Gasteiger partial charge on any atom is -0.481 e. The Kier molecular flexibility index (Phi) is 11.7. The Balaban J connectivity index is 0.998. The first-order valence-corrected chi connectivity index (χ1v) is 26.0. The number of nitrogens with zero attached hydrogens (tertiary/aromatic N) is 2. The molecule has 1 aromatic rings. The number of hydrogen-bond acceptors (Lipinski definition) is 8. The maximum Gasteiger partial charge on any atom is 0.313 e. The minimum atomic E-state index is -3.08. The molecule has 5 saturated carbocycles. The van der Waals surface area contributed by atoms with E-state index in [1.807, 2.05) is 0 Å². The monoisotopic (exact) mass is 870 g/mol. The number of aliphatic carboxylic acids is 1. The SMILES string of the molecule is C=C(C)[C@@H]1CC[C@]2(NCCC3(O)CCC(S(C)(=O)=O)CC3)CC[C@]3(C)[C@H](CCC4[C@@]5(C)CC=C(C6=CC[C@@](COc7ncccc7C#N)(C(=O)O)CC6)C(C)(C)C5CC[C@]43C)C12. The normalized spacial score (nSPS) is 42.4. The lowest BCUT2D eigenvalue weighted by Crippen LogP contribution is -2.68. The van der Waals surface area contributed by atoms with Crippen LogP contribution in [0.1, 0.15) is 156 Å². The Labute approximate surface area is 372 Å². The number of aromatic nitrogens is 1. The molecule has 10 atom stereocenters. The van der Waals surface area contributed by atoms with Crippen molar-refractivity contribution < 1.29 is 28.2 Å². The highest BCUT2D eigenvalue weighted by Gasteiger charge is 2.70. The standard InChI is InChI=1S/C52H75N3O6S/c1-34(2)38-17-26-52(55-31-29-51(58)24-15-37(16-25-51)62(8,59)60)28-27-48(6)40(43(38)52)11-12-42-47(5)20-18-39(46(3,4)41(47)19-21-49(42,48)7)35-13-22-50(23-14-35,45(56)57)33-61-44-36(32-53)10-9-30-54-44/h9-10,13,18,30,37-38,40-43,55,58H,1,11-12,14-17,19-29,31,33H2,2-8H3,(H,56,57)/t37?,38-,40+,41?,42?,43?,47-,48+,49+,50+,51?,52-/m0/s1. The summed E-state index contributed by atoms with van der Waals surface area (Å²) in [5, 5.41) is 35.5. The Bertz CT molecular complexity index is 2170. The highest BCUT2D eigenvalue weighted by Crippen LogP contribution is 2.76. The number of aliphatic hydroxyl groups is 1. The summed E-state index contributed by atoms with van der Waals surface area (Å²) in [5.41, 5.74) is 3.02. The number of pyridine rings is 1. The van der Waals surface area contributed by atoms with Crippen molar-refractivity contribution in [1.29, 1.82) is 5.26 Å². The van der Waals surface area contributed by atoms with Gasteiger partial charge in [-0.2, -0.15) is 5.26 Å². The highest BCUT2D eigenvalue weighted by atomic mass is 32.2. The summed E-state index contributed by atoms with van der Waals surface area (Å²) in [4.78, 5) is 17.0. The maximum atomic E-state index is 12.8. The molecular weight excluding hydrogens is 795 g/mol. The van der Waals surface area contributed by atoms with Gasteiger partial charge in [-0.1, -0.05) is 58.9 Å². The molecule has 1 heterocycles. The fraction of sp³-hybridized carbons (Fsp3) is 0.750. The van der Waals surface area contributed by atoms with E-state index in [9.17, 15) is 28.7 Å². The van der Waals surface area contributed by atoms with Crippen molar-refractivity contribution in [2.24, 2.45) is 56.7 Å². The molecule has 0 aliphatic heterocycles. The van der Waals surface area contributed by atoms with E-state index in [1.165, 1.54) is 61.5 Å². The van der Waals surface area contributed by atoms with Gasteiger partial charge in [0.05, 0.1) is 10.9 Å². The number of sulfone groups is 1. The van der Waals surface area contributed by atoms with Crippen molar-refractivity contribution >= 4 is 15.8 Å². The van der Waals surface area contributed by atoms with Gasteiger partial charge in [-0.25, -0.2) is 13.4 Å². The number of fused-ring (bicyclic) bond motifs is 7. The van der Waals surface area contributed by atoms with Gasteiger partial charge >= 0.3 is 5.97 Å². The van der Waals surface area contributed by atoms with Crippen LogP contribution in [-0.4, -0.2) is 65.4 Å². The third kappa shape index (κ3) is 7.25. The molecule has 0 saturated heterocycles. The number of hydrogen-bond donors (Lipinski definition) is 3. The summed E-state index contributed by atoms with van der Waals surface area (Å²) in [6.07, 6.45) is 22.7. The van der Waals surface area contributed by atoms with Gasteiger partial charge in [-0.3, -0.25) is 4.79 Å². The van der Waals surface area contributed by atoms with E-state index in [2.05, 4.69) is 76.6 Å². The van der Waals surface area contributed by atoms with Crippen LogP contribution in [0, 0.1) is 68.0 Å². The molecule has 9 nitrogen and oxygen atoms in total. The molecule has 3 N–H and O–H groups in total. The predicted octanol–water partition coefficient (Wildman–Crippen LogP) is 10.2. The van der Waals surface area contributed by atoms with E-state index in [-0.39, 0.29) is 44.9 Å². The van der Waals surface area contributed by atoms with Gasteiger partial charge in [0.25, 0.3) is 0 Å². The van der Waals surface area contributed by atoms with Crippen LogP contribution in [0.15, 0.2) is 53.8 Å². The van der Waals surface area contributed by atoms with Gasteiger partial charge in [0.1, 0.15) is 33.5 Å². The van der Waals surface area contributed by atoms with Crippen molar-refractivity contribution in [3.05, 3.63) is 59.3 Å². The number of carbonyl (C=O) groups is 1. The molecule has 0 aromatic carbocycles. The van der Waals surface area contributed by atoms with Crippen molar-refractivity contribution in [1.82, 2.24) is 10.3 Å². The minimum absolute atomic E-state index is 0.0230. The van der Waals surface area contributed by atoms with Crippen molar-refractivity contribution in [2.75, 3.05) is 19.4 Å². The number of rotatable bonds is 11. The molecular formula is C52H75N3O6S. The molecule has 62 heavy (non-hydrogen) atoms. The van der Waals surface area contributed by atoms with E-state index in [0.717, 1.165) is 25.8 Å². The van der Waals surface area contributed by atoms with Crippen molar-refractivity contribution in [3.8, 4) is 11.9 Å². The Morgan fingerprint density at radius 1 is 0.952 bits per heavy atom. The smallest absolute Gasteiger partial charge is 0.313 e. The number of nitriles is 1. The molecule has 0 bridgehead atoms. The van der Waals surface area contributed by atoms with Gasteiger partial charge in [-0.15, -0.1) is 0 Å². The lowest BCUT2D eigenvalue weighted by Gasteiger charge is -2.72. The molecule has 3 unspecified atom stereocenters. The molecule has 340 valence electrons. The van der Waals surface area contributed by atoms with Crippen LogP contribution in [-0.2, 0) is 14.6 Å². The second-order valence-corrected chi connectivity index (χ2v) is 25.4. The fourth-order valence-corrected chi connectivity index (χ4v) is 17.4. The molecule has 10 heteroatoms. The Morgan fingerprint density at radius 3 is 2.34 bits per heavy atom. The van der Waals surface area contributed by atoms with Crippen LogP contribution in [0.3, 0.4) is 0 Å². The van der Waals surface area contributed by atoms with Crippen molar-refractivity contribution in [3.63, 3.8) is 0 Å². The van der Waals surface area contributed by atoms with E-state index in [4.69, 9.17) is 4.74 Å². The zero-order chi connectivity index (χ0) is 44.7. The lowest BCUT2D eigenvalue weighted by atomic mass is 9.33. The number of nitrogens with one attached hydrogen (secondary N) is 1. The third-order valence-corrected chi connectivity index (χ3v) is 21.7. The van der Waals surface area contributed by atoms with Gasteiger partial charge in [0.15, 0.2) is 0 Å². The van der Waals surface area contributed by atoms with Crippen LogP contribution >= 0.6 is 0 Å². The van der Waals surface area contributed by atoms with Crippen molar-refractivity contribution in [2.45, 2.75) is 167 Å². The first-order valence-electron chi connectivity index (χ1n) is 24.0. The van der Waals surface area contributed by atoms with Crippen LogP contribution < -0.4 is 10.1 Å². The zero-order valence-corrected chi connectivity index (χ0v) is 39.6. The largest absolute Gasteiger partial charge is 0.481 e. The molecule has 8 rings (SSSR count). The quantitative estimate of drug-likeness (QED) is 0.185. The van der Waals surface area contributed by atoms with Gasteiger partial charge in [-0.05, 0) is 197 Å². The molecule has 0 spiro atoms. The van der Waals surface area contributed by atoms with Crippen LogP contribution in [0.25, 0.3) is 0 Å². The molecule has 1 aromatic heterocycles. The van der Waals surface area contributed by atoms with Crippen LogP contribution in [0.4, 0.5) is 0 Å². The first kappa shape index (κ1) is 45.6. The van der Waals surface area contributed by atoms with E-state index >= 15 is 0 Å². The molecule has 0 amide bonds. The van der Waals surface area contributed by atoms with E-state index in [1.54, 1.807) is 18.3 Å². The van der Waals surface area contributed by atoms with Gasteiger partial charge in [0, 0.05) is 18.0 Å². The summed E-state index contributed by atoms with van der Waals surface area (Å²) >= 11 is 0. The molecule has 7 aliphatic carbocycles. The summed E-state index contributed by atoms with van der Waals surface area (Å²) in [6, 6.07) is 5.42. The number of carboxylic acid groups (broad SMARTS) is 1. The second kappa shape index (κ2) is 15.9. The lowest BCUT2D eigenvalue weighted by molar-refractivity contribution is -0.221. The van der Waals surface area contributed by atoms with Gasteiger partial charge < -0.3 is 20.3 Å². The average molecular weight is 870 g/mol. The number of carboxylic acids is 1. The topological polar surface area (TPSA) is 150 Å². The predicted molar refractivity (Wildman–Crippen MR) is 244 cm³/mol. The highest BCUT2D eigenvalue weighted by molar-refractivity contribution is 7.91. The number of allylic oxidation sites excluding steroid dienone is 5. The van der Waals surface area contributed by atoms with Crippen LogP contribution in [0.5, 0.6) is 5.88 Å². The number of ether oxygens (including phenoxy) is 1.